The van der Waals surface area contributed by atoms with Gasteiger partial charge in [-0.3, -0.25) is 0 Å². The van der Waals surface area contributed by atoms with Gasteiger partial charge in [0, 0.05) is 41.5 Å². The molecule has 104 valence electrons. The number of hydrogen-bond acceptors (Lipinski definition) is 2. The number of nitrogens with one attached hydrogen (secondary N) is 1. The zero-order valence-corrected chi connectivity index (χ0v) is 11.9. The highest BCUT2D eigenvalue weighted by Gasteiger charge is 2.14. The molecule has 4 nitrogen and oxygen atoms in total. The number of aromatic amines is 1. The van der Waals surface area contributed by atoms with Crippen LogP contribution >= 0.6 is 0 Å². The molecule has 21 heavy (non-hydrogen) atoms. The van der Waals surface area contributed by atoms with Crippen molar-refractivity contribution in [1.82, 2.24) is 14.5 Å². The predicted octanol–water partition coefficient (Wildman–Crippen LogP) is 3.73. The molecule has 4 aromatic rings. The number of pyridine rings is 1. The lowest BCUT2D eigenvalue weighted by Gasteiger charge is -2.03. The molecule has 0 fully saturated rings. The number of aryl methyl sites for hydroxylation is 1. The van der Waals surface area contributed by atoms with Gasteiger partial charge in [0.15, 0.2) is 0 Å². The van der Waals surface area contributed by atoms with Gasteiger partial charge in [0.05, 0.1) is 12.6 Å². The summed E-state index contributed by atoms with van der Waals surface area (Å²) in [6, 6.07) is 12.3. The summed E-state index contributed by atoms with van der Waals surface area (Å²) in [5, 5.41) is 2.29. The first-order chi connectivity index (χ1) is 10.3. The van der Waals surface area contributed by atoms with E-state index in [-0.39, 0.29) is 0 Å². The number of ether oxygens (including phenoxy) is 1. The van der Waals surface area contributed by atoms with Crippen molar-refractivity contribution in [1.29, 1.82) is 0 Å². The van der Waals surface area contributed by atoms with Gasteiger partial charge in [-0.15, -0.1) is 0 Å². The number of nitrogens with zero attached hydrogens (tertiary/aromatic N) is 2. The van der Waals surface area contributed by atoms with Crippen molar-refractivity contribution < 1.29 is 4.74 Å². The lowest BCUT2D eigenvalue weighted by Crippen LogP contribution is -1.89. The van der Waals surface area contributed by atoms with Gasteiger partial charge in [-0.2, -0.15) is 0 Å². The molecule has 0 spiro atoms. The molecule has 1 aromatic carbocycles. The fraction of sp³-hybridized carbons (Fsp3) is 0.118. The zero-order chi connectivity index (χ0) is 14.4. The molecule has 0 saturated heterocycles. The van der Waals surface area contributed by atoms with Crippen molar-refractivity contribution in [2.24, 2.45) is 7.05 Å². The number of methoxy groups -OCH3 is 1. The first-order valence-electron chi connectivity index (χ1n) is 6.84. The minimum atomic E-state index is 0.885. The molecule has 0 radical (unpaired) electrons. The molecule has 4 heteroatoms. The Bertz CT molecular complexity index is 916. The maximum absolute atomic E-state index is 5.47. The molecule has 3 aromatic heterocycles. The molecule has 0 bridgehead atoms. The van der Waals surface area contributed by atoms with Crippen molar-refractivity contribution in [3.05, 3.63) is 48.8 Å². The fourth-order valence-electron chi connectivity index (χ4n) is 2.91. The van der Waals surface area contributed by atoms with Gasteiger partial charge in [0.2, 0.25) is 0 Å². The Labute approximate surface area is 122 Å². The van der Waals surface area contributed by atoms with Crippen LogP contribution in [0.2, 0.25) is 0 Å². The molecule has 0 amide bonds. The van der Waals surface area contributed by atoms with Gasteiger partial charge in [0.1, 0.15) is 11.4 Å². The zero-order valence-electron chi connectivity index (χ0n) is 11.9. The van der Waals surface area contributed by atoms with Crippen LogP contribution in [0.4, 0.5) is 0 Å². The topological polar surface area (TPSA) is 42.8 Å². The van der Waals surface area contributed by atoms with Crippen LogP contribution < -0.4 is 4.74 Å². The second kappa shape index (κ2) is 4.38. The molecule has 3 heterocycles. The number of aromatic nitrogens is 3. The SMILES string of the molecule is COc1cccc2c(-c3cc4cccnc4[nH]3)cn(C)c12. The smallest absolute Gasteiger partial charge is 0.143 e. The quantitative estimate of drug-likeness (QED) is 0.606. The summed E-state index contributed by atoms with van der Waals surface area (Å²) in [5.74, 6) is 0.885. The predicted molar refractivity (Wildman–Crippen MR) is 84.6 cm³/mol. The average Bonchev–Trinajstić information content (AvgIpc) is 3.08. The Morgan fingerprint density at radius 1 is 1.19 bits per heavy atom. The Morgan fingerprint density at radius 2 is 2.10 bits per heavy atom. The standard InChI is InChI=1S/C17H15N3O/c1-20-10-13(12-6-3-7-15(21-2)16(12)20)14-9-11-5-4-8-18-17(11)19-14/h3-10H,1-2H3,(H,18,19). The average molecular weight is 277 g/mol. The minimum absolute atomic E-state index is 0.885. The van der Waals surface area contributed by atoms with Crippen LogP contribution in [-0.4, -0.2) is 21.6 Å². The van der Waals surface area contributed by atoms with E-state index in [2.05, 4.69) is 38.9 Å². The van der Waals surface area contributed by atoms with Crippen LogP contribution in [0.5, 0.6) is 5.75 Å². The molecular formula is C17H15N3O. The van der Waals surface area contributed by atoms with Crippen molar-refractivity contribution in [2.45, 2.75) is 0 Å². The van der Waals surface area contributed by atoms with Gasteiger partial charge in [-0.25, -0.2) is 4.98 Å². The van der Waals surface area contributed by atoms with E-state index in [9.17, 15) is 0 Å². The van der Waals surface area contributed by atoms with Crippen LogP contribution in [0.25, 0.3) is 33.2 Å². The Balaban J connectivity index is 2.02. The van der Waals surface area contributed by atoms with Gasteiger partial charge in [-0.1, -0.05) is 12.1 Å². The van der Waals surface area contributed by atoms with E-state index in [1.165, 1.54) is 5.39 Å². The van der Waals surface area contributed by atoms with E-state index in [4.69, 9.17) is 4.74 Å². The summed E-state index contributed by atoms with van der Waals surface area (Å²) >= 11 is 0. The summed E-state index contributed by atoms with van der Waals surface area (Å²) in [5.41, 5.74) is 4.24. The molecule has 4 rings (SSSR count). The lowest BCUT2D eigenvalue weighted by atomic mass is 10.1. The van der Waals surface area contributed by atoms with E-state index in [1.807, 2.05) is 25.2 Å². The number of para-hydroxylation sites is 1. The normalized spacial score (nSPS) is 11.3. The van der Waals surface area contributed by atoms with Crippen molar-refractivity contribution in [3.63, 3.8) is 0 Å². The minimum Gasteiger partial charge on any atom is -0.495 e. The molecule has 0 aliphatic heterocycles. The fourth-order valence-corrected chi connectivity index (χ4v) is 2.91. The van der Waals surface area contributed by atoms with E-state index in [0.717, 1.165) is 33.6 Å². The second-order valence-corrected chi connectivity index (χ2v) is 5.13. The molecule has 1 N–H and O–H groups in total. The van der Waals surface area contributed by atoms with Gasteiger partial charge in [0.25, 0.3) is 0 Å². The third-order valence-corrected chi connectivity index (χ3v) is 3.87. The van der Waals surface area contributed by atoms with Crippen LogP contribution in [0.3, 0.4) is 0 Å². The molecule has 0 unspecified atom stereocenters. The van der Waals surface area contributed by atoms with Crippen molar-refractivity contribution in [2.75, 3.05) is 7.11 Å². The number of H-pyrrole nitrogens is 1. The first kappa shape index (κ1) is 12.0. The largest absolute Gasteiger partial charge is 0.495 e. The first-order valence-corrected chi connectivity index (χ1v) is 6.84. The maximum atomic E-state index is 5.47. The van der Waals surface area contributed by atoms with Crippen LogP contribution in [0.15, 0.2) is 48.8 Å². The molecule has 0 saturated carbocycles. The number of benzene rings is 1. The highest BCUT2D eigenvalue weighted by Crippen LogP contribution is 2.35. The van der Waals surface area contributed by atoms with Crippen LogP contribution in [0, 0.1) is 0 Å². The molecule has 0 atom stereocenters. The second-order valence-electron chi connectivity index (χ2n) is 5.13. The third-order valence-electron chi connectivity index (χ3n) is 3.87. The van der Waals surface area contributed by atoms with Gasteiger partial charge in [-0.05, 0) is 24.3 Å². The number of fused-ring (bicyclic) bond motifs is 2. The van der Waals surface area contributed by atoms with E-state index >= 15 is 0 Å². The number of rotatable bonds is 2. The summed E-state index contributed by atoms with van der Waals surface area (Å²) in [7, 11) is 3.74. The molecule has 0 aliphatic rings. The molecule has 0 aliphatic carbocycles. The highest BCUT2D eigenvalue weighted by molar-refractivity contribution is 6.00. The Kier molecular flexibility index (Phi) is 2.51. The van der Waals surface area contributed by atoms with Crippen LogP contribution in [0.1, 0.15) is 0 Å². The van der Waals surface area contributed by atoms with Crippen molar-refractivity contribution >= 4 is 21.9 Å². The summed E-state index contributed by atoms with van der Waals surface area (Å²) < 4.78 is 7.57. The monoisotopic (exact) mass is 277 g/mol. The van der Waals surface area contributed by atoms with Gasteiger partial charge >= 0.3 is 0 Å². The van der Waals surface area contributed by atoms with E-state index in [0.29, 0.717) is 0 Å². The highest BCUT2D eigenvalue weighted by atomic mass is 16.5. The summed E-state index contributed by atoms with van der Waals surface area (Å²) in [6.07, 6.45) is 3.92. The summed E-state index contributed by atoms with van der Waals surface area (Å²) in [6.45, 7) is 0. The maximum Gasteiger partial charge on any atom is 0.143 e. The lowest BCUT2D eigenvalue weighted by molar-refractivity contribution is 0.418. The Morgan fingerprint density at radius 3 is 2.90 bits per heavy atom. The van der Waals surface area contributed by atoms with E-state index < -0.39 is 0 Å². The summed E-state index contributed by atoms with van der Waals surface area (Å²) in [4.78, 5) is 7.75. The third kappa shape index (κ3) is 1.72. The van der Waals surface area contributed by atoms with E-state index in [1.54, 1.807) is 13.3 Å². The van der Waals surface area contributed by atoms with Crippen LogP contribution in [-0.2, 0) is 7.05 Å². The van der Waals surface area contributed by atoms with Gasteiger partial charge < -0.3 is 14.3 Å². The van der Waals surface area contributed by atoms with Crippen molar-refractivity contribution in [3.8, 4) is 17.0 Å². The molecular weight excluding hydrogens is 262 g/mol. The Hall–Kier alpha value is -2.75. The number of hydrogen-bond donors (Lipinski definition) is 1.